The van der Waals surface area contributed by atoms with Crippen molar-refractivity contribution in [3.05, 3.63) is 35.0 Å². The summed E-state index contributed by atoms with van der Waals surface area (Å²) in [4.78, 5) is 4.42. The van der Waals surface area contributed by atoms with Gasteiger partial charge in [-0.2, -0.15) is 0 Å². The Morgan fingerprint density at radius 1 is 1.33 bits per heavy atom. The molecule has 1 aromatic heterocycles. The van der Waals surface area contributed by atoms with E-state index in [9.17, 15) is 0 Å². The Bertz CT molecular complexity index is 543. The first-order chi connectivity index (χ1) is 8.74. The number of halogens is 1. The third kappa shape index (κ3) is 2.92. The van der Waals surface area contributed by atoms with Gasteiger partial charge in [-0.1, -0.05) is 11.6 Å². The molecular weight excluding hydrogens is 248 g/mol. The van der Waals surface area contributed by atoms with Crippen LogP contribution in [-0.4, -0.2) is 18.1 Å². The first kappa shape index (κ1) is 13.1. The van der Waals surface area contributed by atoms with Gasteiger partial charge >= 0.3 is 0 Å². The summed E-state index contributed by atoms with van der Waals surface area (Å²) in [6.45, 7) is 3.27. The number of ether oxygens (including phenoxy) is 1. The number of hydrogen-bond acceptors (Lipinski definition) is 3. The van der Waals surface area contributed by atoms with Crippen molar-refractivity contribution < 1.29 is 4.74 Å². The summed E-state index contributed by atoms with van der Waals surface area (Å²) in [6.07, 6.45) is 1.79. The van der Waals surface area contributed by atoms with Crippen molar-refractivity contribution in [1.82, 2.24) is 4.98 Å². The zero-order chi connectivity index (χ0) is 13.0. The van der Waals surface area contributed by atoms with Crippen LogP contribution in [0.3, 0.4) is 0 Å². The van der Waals surface area contributed by atoms with Crippen LogP contribution in [0.25, 0.3) is 10.9 Å². The SMILES string of the molecule is CCOc1ccc2cc(CCCN)c(Cl)nc2c1. The van der Waals surface area contributed by atoms with Crippen molar-refractivity contribution in [2.75, 3.05) is 13.2 Å². The van der Waals surface area contributed by atoms with E-state index in [-0.39, 0.29) is 0 Å². The molecule has 2 N–H and O–H groups in total. The molecule has 3 nitrogen and oxygen atoms in total. The van der Waals surface area contributed by atoms with E-state index in [4.69, 9.17) is 22.1 Å². The molecule has 0 saturated carbocycles. The average Bonchev–Trinajstić information content (AvgIpc) is 2.37. The number of aromatic nitrogens is 1. The molecule has 0 radical (unpaired) electrons. The second-order valence-electron chi connectivity index (χ2n) is 4.12. The zero-order valence-corrected chi connectivity index (χ0v) is 11.2. The molecule has 1 heterocycles. The molecule has 0 atom stereocenters. The van der Waals surface area contributed by atoms with Crippen LogP contribution in [0.15, 0.2) is 24.3 Å². The molecule has 2 aromatic rings. The predicted octanol–water partition coefficient (Wildman–Crippen LogP) is 3.18. The lowest BCUT2D eigenvalue weighted by molar-refractivity contribution is 0.340. The normalized spacial score (nSPS) is 10.8. The summed E-state index contributed by atoms with van der Waals surface area (Å²) in [5, 5.41) is 1.64. The van der Waals surface area contributed by atoms with Crippen LogP contribution < -0.4 is 10.5 Å². The molecule has 0 saturated heterocycles. The van der Waals surface area contributed by atoms with Gasteiger partial charge in [-0.15, -0.1) is 0 Å². The molecule has 2 rings (SSSR count). The van der Waals surface area contributed by atoms with Crippen LogP contribution >= 0.6 is 11.6 Å². The van der Waals surface area contributed by atoms with Crippen LogP contribution in [0.2, 0.25) is 5.15 Å². The van der Waals surface area contributed by atoms with Gasteiger partial charge in [-0.25, -0.2) is 4.98 Å². The van der Waals surface area contributed by atoms with Crippen LogP contribution in [-0.2, 0) is 6.42 Å². The Labute approximate surface area is 112 Å². The monoisotopic (exact) mass is 264 g/mol. The van der Waals surface area contributed by atoms with E-state index in [0.717, 1.165) is 35.1 Å². The summed E-state index contributed by atoms with van der Waals surface area (Å²) in [5.41, 5.74) is 7.43. The number of pyridine rings is 1. The van der Waals surface area contributed by atoms with Gasteiger partial charge in [0.2, 0.25) is 0 Å². The van der Waals surface area contributed by atoms with E-state index < -0.39 is 0 Å². The van der Waals surface area contributed by atoms with E-state index in [0.29, 0.717) is 18.3 Å². The minimum Gasteiger partial charge on any atom is -0.494 e. The van der Waals surface area contributed by atoms with Crippen molar-refractivity contribution in [1.29, 1.82) is 0 Å². The molecule has 0 unspecified atom stereocenters. The summed E-state index contributed by atoms with van der Waals surface area (Å²) in [7, 11) is 0. The van der Waals surface area contributed by atoms with Crippen molar-refractivity contribution >= 4 is 22.5 Å². The lowest BCUT2D eigenvalue weighted by Crippen LogP contribution is -2.01. The number of benzene rings is 1. The quantitative estimate of drug-likeness (QED) is 0.844. The Morgan fingerprint density at radius 2 is 2.17 bits per heavy atom. The van der Waals surface area contributed by atoms with E-state index in [1.165, 1.54) is 0 Å². The maximum absolute atomic E-state index is 6.18. The zero-order valence-electron chi connectivity index (χ0n) is 10.4. The molecule has 18 heavy (non-hydrogen) atoms. The Morgan fingerprint density at radius 3 is 2.89 bits per heavy atom. The standard InChI is InChI=1S/C14H17ClN2O/c1-2-18-12-6-5-10-8-11(4-3-7-16)14(15)17-13(10)9-12/h5-6,8-9H,2-4,7,16H2,1H3. The van der Waals surface area contributed by atoms with Crippen LogP contribution in [0.5, 0.6) is 5.75 Å². The number of fused-ring (bicyclic) bond motifs is 1. The van der Waals surface area contributed by atoms with Gasteiger partial charge in [0.05, 0.1) is 12.1 Å². The fourth-order valence-corrected chi connectivity index (χ4v) is 2.13. The molecule has 0 bridgehead atoms. The fraction of sp³-hybridized carbons (Fsp3) is 0.357. The topological polar surface area (TPSA) is 48.1 Å². The average molecular weight is 265 g/mol. The van der Waals surface area contributed by atoms with Gasteiger partial charge < -0.3 is 10.5 Å². The second-order valence-corrected chi connectivity index (χ2v) is 4.48. The smallest absolute Gasteiger partial charge is 0.132 e. The predicted molar refractivity (Wildman–Crippen MR) is 75.3 cm³/mol. The van der Waals surface area contributed by atoms with Gasteiger partial charge in [-0.3, -0.25) is 0 Å². The Hall–Kier alpha value is -1.32. The second kappa shape index (κ2) is 6.03. The number of nitrogens with two attached hydrogens (primary N) is 1. The molecular formula is C14H17ClN2O. The van der Waals surface area contributed by atoms with E-state index in [1.807, 2.05) is 25.1 Å². The molecule has 4 heteroatoms. The number of hydrogen-bond donors (Lipinski definition) is 1. The molecule has 0 aliphatic heterocycles. The van der Waals surface area contributed by atoms with Gasteiger partial charge in [0.1, 0.15) is 10.9 Å². The largest absolute Gasteiger partial charge is 0.494 e. The fourth-order valence-electron chi connectivity index (χ4n) is 1.89. The van der Waals surface area contributed by atoms with Crippen molar-refractivity contribution in [3.8, 4) is 5.75 Å². The molecule has 0 aliphatic rings. The van der Waals surface area contributed by atoms with E-state index >= 15 is 0 Å². The third-order valence-corrected chi connectivity index (χ3v) is 3.10. The van der Waals surface area contributed by atoms with Gasteiger partial charge in [0.25, 0.3) is 0 Å². The summed E-state index contributed by atoms with van der Waals surface area (Å²) < 4.78 is 5.45. The van der Waals surface area contributed by atoms with Crippen LogP contribution in [0.1, 0.15) is 18.9 Å². The lowest BCUT2D eigenvalue weighted by Gasteiger charge is -2.07. The molecule has 1 aromatic carbocycles. The van der Waals surface area contributed by atoms with Crippen molar-refractivity contribution in [3.63, 3.8) is 0 Å². The van der Waals surface area contributed by atoms with E-state index in [2.05, 4.69) is 11.1 Å². The summed E-state index contributed by atoms with van der Waals surface area (Å²) >= 11 is 6.18. The highest BCUT2D eigenvalue weighted by Gasteiger charge is 2.05. The van der Waals surface area contributed by atoms with Crippen LogP contribution in [0, 0.1) is 0 Å². The molecule has 0 fully saturated rings. The number of nitrogens with zero attached hydrogens (tertiary/aromatic N) is 1. The summed E-state index contributed by atoms with van der Waals surface area (Å²) in [5.74, 6) is 0.822. The van der Waals surface area contributed by atoms with Gasteiger partial charge in [-0.05, 0) is 50.1 Å². The van der Waals surface area contributed by atoms with Crippen molar-refractivity contribution in [2.45, 2.75) is 19.8 Å². The Kier molecular flexibility index (Phi) is 4.39. The number of aryl methyl sites for hydroxylation is 1. The summed E-state index contributed by atoms with van der Waals surface area (Å²) in [6, 6.07) is 7.96. The van der Waals surface area contributed by atoms with Gasteiger partial charge in [0.15, 0.2) is 0 Å². The number of rotatable bonds is 5. The highest BCUT2D eigenvalue weighted by molar-refractivity contribution is 6.30. The van der Waals surface area contributed by atoms with Gasteiger partial charge in [0, 0.05) is 11.5 Å². The first-order valence-electron chi connectivity index (χ1n) is 6.16. The lowest BCUT2D eigenvalue weighted by atomic mass is 10.1. The molecule has 96 valence electrons. The maximum Gasteiger partial charge on any atom is 0.132 e. The molecule has 0 aliphatic carbocycles. The molecule has 0 amide bonds. The highest BCUT2D eigenvalue weighted by Crippen LogP contribution is 2.25. The minimum absolute atomic E-state index is 0.560. The third-order valence-electron chi connectivity index (χ3n) is 2.78. The minimum atomic E-state index is 0.560. The first-order valence-corrected chi connectivity index (χ1v) is 6.54. The van der Waals surface area contributed by atoms with E-state index in [1.54, 1.807) is 0 Å². The van der Waals surface area contributed by atoms with Crippen LogP contribution in [0.4, 0.5) is 0 Å². The van der Waals surface area contributed by atoms with Crippen molar-refractivity contribution in [2.24, 2.45) is 5.73 Å². The molecule has 0 spiro atoms. The maximum atomic E-state index is 6.18. The Balaban J connectivity index is 2.37. The highest BCUT2D eigenvalue weighted by atomic mass is 35.5.